The number of benzene rings is 1. The Morgan fingerprint density at radius 3 is 2.78 bits per heavy atom. The minimum Gasteiger partial charge on any atom is -0.267 e. The Labute approximate surface area is 114 Å². The Morgan fingerprint density at radius 1 is 1.33 bits per heavy atom. The van der Waals surface area contributed by atoms with Crippen molar-refractivity contribution >= 4 is 27.3 Å². The van der Waals surface area contributed by atoms with Crippen molar-refractivity contribution in [2.75, 3.05) is 15.9 Å². The smallest absolute Gasteiger partial charge is 0.235 e. The third-order valence-electron chi connectivity index (χ3n) is 3.23. The largest absolute Gasteiger partial charge is 0.267 e. The molecule has 1 aliphatic heterocycles. The highest BCUT2D eigenvalue weighted by molar-refractivity contribution is 7.92. The molecule has 1 atom stereocenters. The second kappa shape index (κ2) is 5.49. The van der Waals surface area contributed by atoms with Gasteiger partial charge in [-0.2, -0.15) is 0 Å². The summed E-state index contributed by atoms with van der Waals surface area (Å²) in [6, 6.07) is 7.74. The molecule has 1 aromatic carbocycles. The van der Waals surface area contributed by atoms with Gasteiger partial charge in [0.05, 0.1) is 11.4 Å². The zero-order valence-electron chi connectivity index (χ0n) is 10.5. The van der Waals surface area contributed by atoms with Crippen molar-refractivity contribution < 1.29 is 8.42 Å². The van der Waals surface area contributed by atoms with Gasteiger partial charge in [-0.25, -0.2) is 8.42 Å². The van der Waals surface area contributed by atoms with E-state index in [1.165, 1.54) is 0 Å². The maximum atomic E-state index is 12.4. The van der Waals surface area contributed by atoms with Crippen LogP contribution in [0.15, 0.2) is 24.3 Å². The average Bonchev–Trinajstić information content (AvgIpc) is 2.65. The lowest BCUT2D eigenvalue weighted by atomic mass is 10.1. The van der Waals surface area contributed by atoms with E-state index >= 15 is 0 Å². The average molecular weight is 288 g/mol. The van der Waals surface area contributed by atoms with Gasteiger partial charge in [0.1, 0.15) is 0 Å². The monoisotopic (exact) mass is 287 g/mol. The predicted molar refractivity (Wildman–Crippen MR) is 75.8 cm³/mol. The lowest BCUT2D eigenvalue weighted by molar-refractivity contribution is 0.581. The molecule has 1 aliphatic rings. The summed E-state index contributed by atoms with van der Waals surface area (Å²) in [6.45, 7) is 1.96. The van der Waals surface area contributed by atoms with E-state index in [-0.39, 0.29) is 11.8 Å². The van der Waals surface area contributed by atoms with Crippen LogP contribution in [0, 0.1) is 0 Å². The molecule has 3 nitrogen and oxygen atoms in total. The van der Waals surface area contributed by atoms with Crippen LogP contribution < -0.4 is 4.31 Å². The molecule has 1 aromatic rings. The number of sulfonamides is 1. The summed E-state index contributed by atoms with van der Waals surface area (Å²) in [4.78, 5) is 0. The van der Waals surface area contributed by atoms with Crippen LogP contribution in [-0.2, 0) is 16.4 Å². The molecule has 0 saturated carbocycles. The van der Waals surface area contributed by atoms with Crippen LogP contribution in [0.1, 0.15) is 25.3 Å². The van der Waals surface area contributed by atoms with Crippen LogP contribution in [-0.4, -0.2) is 26.1 Å². The summed E-state index contributed by atoms with van der Waals surface area (Å²) in [5.74, 6) is 0.694. The van der Waals surface area contributed by atoms with Crippen LogP contribution in [0.5, 0.6) is 0 Å². The zero-order chi connectivity index (χ0) is 13.2. The van der Waals surface area contributed by atoms with Crippen LogP contribution in [0.25, 0.3) is 0 Å². The molecule has 0 aromatic heterocycles. The Kier molecular flexibility index (Phi) is 4.17. The number of alkyl halides is 1. The fraction of sp³-hybridized carbons (Fsp3) is 0.538. The summed E-state index contributed by atoms with van der Waals surface area (Å²) < 4.78 is 26.3. The van der Waals surface area contributed by atoms with Crippen molar-refractivity contribution in [1.82, 2.24) is 0 Å². The fourth-order valence-electron chi connectivity index (χ4n) is 2.44. The Balaban J connectivity index is 2.22. The summed E-state index contributed by atoms with van der Waals surface area (Å²) >= 11 is 5.59. The van der Waals surface area contributed by atoms with E-state index in [2.05, 4.69) is 0 Å². The van der Waals surface area contributed by atoms with Crippen molar-refractivity contribution in [2.24, 2.45) is 0 Å². The number of unbranched alkanes of at least 4 members (excludes halogenated alkanes) is 1. The molecule has 0 amide bonds. The zero-order valence-corrected chi connectivity index (χ0v) is 12.0. The highest BCUT2D eigenvalue weighted by atomic mass is 35.5. The van der Waals surface area contributed by atoms with Gasteiger partial charge >= 0.3 is 0 Å². The molecule has 0 aliphatic carbocycles. The molecule has 0 saturated heterocycles. The number of halogens is 1. The molecule has 5 heteroatoms. The molecule has 0 bridgehead atoms. The van der Waals surface area contributed by atoms with Crippen molar-refractivity contribution in [2.45, 2.75) is 32.2 Å². The second-order valence-corrected chi connectivity index (χ2v) is 7.03. The minimum atomic E-state index is -3.22. The summed E-state index contributed by atoms with van der Waals surface area (Å²) in [5.41, 5.74) is 1.96. The van der Waals surface area contributed by atoms with Crippen LogP contribution in [0.4, 0.5) is 5.69 Å². The number of rotatable bonds is 5. The van der Waals surface area contributed by atoms with Crippen molar-refractivity contribution in [1.29, 1.82) is 0 Å². The Morgan fingerprint density at radius 2 is 2.06 bits per heavy atom. The molecule has 0 N–H and O–H groups in total. The fourth-order valence-corrected chi connectivity index (χ4v) is 4.49. The van der Waals surface area contributed by atoms with E-state index in [4.69, 9.17) is 11.6 Å². The Hall–Kier alpha value is -0.740. The molecule has 2 rings (SSSR count). The topological polar surface area (TPSA) is 37.4 Å². The molecular formula is C13H18ClNO2S. The highest BCUT2D eigenvalue weighted by Crippen LogP contribution is 2.34. The van der Waals surface area contributed by atoms with Gasteiger partial charge in [-0.1, -0.05) is 18.2 Å². The van der Waals surface area contributed by atoms with E-state index in [9.17, 15) is 8.42 Å². The maximum Gasteiger partial charge on any atom is 0.235 e. The molecule has 100 valence electrons. The number of hydrogen-bond donors (Lipinski definition) is 0. The molecule has 0 fully saturated rings. The van der Waals surface area contributed by atoms with E-state index < -0.39 is 10.0 Å². The van der Waals surface area contributed by atoms with E-state index in [0.717, 1.165) is 24.1 Å². The third kappa shape index (κ3) is 2.64. The molecule has 0 radical (unpaired) electrons. The summed E-state index contributed by atoms with van der Waals surface area (Å²) in [6.07, 6.45) is 2.16. The summed E-state index contributed by atoms with van der Waals surface area (Å²) in [5, 5.41) is 0. The molecule has 0 spiro atoms. The van der Waals surface area contributed by atoms with Crippen LogP contribution in [0.3, 0.4) is 0 Å². The van der Waals surface area contributed by atoms with Gasteiger partial charge < -0.3 is 0 Å². The van der Waals surface area contributed by atoms with E-state index in [1.54, 1.807) is 4.31 Å². The van der Waals surface area contributed by atoms with Gasteiger partial charge in [0, 0.05) is 11.9 Å². The van der Waals surface area contributed by atoms with Crippen molar-refractivity contribution in [3.8, 4) is 0 Å². The standard InChI is InChI=1S/C13H18ClNO2S/c1-11-10-12-6-2-3-7-13(12)15(11)18(16,17)9-5-4-8-14/h2-3,6-7,11H,4-5,8-10H2,1H3. The van der Waals surface area contributed by atoms with Gasteiger partial charge in [0.2, 0.25) is 10.0 Å². The van der Waals surface area contributed by atoms with Gasteiger partial charge in [0.15, 0.2) is 0 Å². The lowest BCUT2D eigenvalue weighted by Gasteiger charge is -2.24. The van der Waals surface area contributed by atoms with Gasteiger partial charge in [-0.05, 0) is 37.8 Å². The number of hydrogen-bond acceptors (Lipinski definition) is 2. The van der Waals surface area contributed by atoms with Crippen LogP contribution in [0.2, 0.25) is 0 Å². The number of anilines is 1. The van der Waals surface area contributed by atoms with E-state index in [0.29, 0.717) is 12.3 Å². The van der Waals surface area contributed by atoms with Crippen molar-refractivity contribution in [3.05, 3.63) is 29.8 Å². The van der Waals surface area contributed by atoms with Gasteiger partial charge in [0.25, 0.3) is 0 Å². The molecular weight excluding hydrogens is 270 g/mol. The second-order valence-electron chi connectivity index (χ2n) is 4.69. The van der Waals surface area contributed by atoms with Crippen molar-refractivity contribution in [3.63, 3.8) is 0 Å². The molecule has 1 heterocycles. The van der Waals surface area contributed by atoms with Gasteiger partial charge in [-0.3, -0.25) is 4.31 Å². The predicted octanol–water partition coefficient (Wildman–Crippen LogP) is 2.79. The number of fused-ring (bicyclic) bond motifs is 1. The SMILES string of the molecule is CC1Cc2ccccc2N1S(=O)(=O)CCCCCl. The number of para-hydroxylation sites is 1. The third-order valence-corrected chi connectivity index (χ3v) is 5.46. The Bertz CT molecular complexity index is 515. The van der Waals surface area contributed by atoms with Gasteiger partial charge in [-0.15, -0.1) is 11.6 Å². The number of nitrogens with zero attached hydrogens (tertiary/aromatic N) is 1. The normalized spacial score (nSPS) is 19.0. The first-order chi connectivity index (χ1) is 8.56. The van der Waals surface area contributed by atoms with Crippen LogP contribution >= 0.6 is 11.6 Å². The maximum absolute atomic E-state index is 12.4. The first kappa shape index (κ1) is 13.7. The lowest BCUT2D eigenvalue weighted by Crippen LogP contribution is -2.37. The molecule has 1 unspecified atom stereocenters. The first-order valence-corrected chi connectivity index (χ1v) is 8.36. The summed E-state index contributed by atoms with van der Waals surface area (Å²) in [7, 11) is -3.22. The van der Waals surface area contributed by atoms with E-state index in [1.807, 2.05) is 31.2 Å². The highest BCUT2D eigenvalue weighted by Gasteiger charge is 2.34. The quantitative estimate of drug-likeness (QED) is 0.617. The minimum absolute atomic E-state index is 0.0170. The molecule has 18 heavy (non-hydrogen) atoms. The first-order valence-electron chi connectivity index (χ1n) is 6.22.